The Hall–Kier alpha value is -2.31. The van der Waals surface area contributed by atoms with Gasteiger partial charge < -0.3 is 19.5 Å². The summed E-state index contributed by atoms with van der Waals surface area (Å²) < 4.78 is 1.73. The third-order valence-electron chi connectivity index (χ3n) is 6.28. The van der Waals surface area contributed by atoms with E-state index in [0.29, 0.717) is 31.7 Å². The minimum Gasteiger partial charge on any atom is -0.480 e. The maximum Gasteiger partial charge on any atom is 0.326 e. The Bertz CT molecular complexity index is 744. The van der Waals surface area contributed by atoms with Gasteiger partial charge in [0.1, 0.15) is 11.7 Å². The summed E-state index contributed by atoms with van der Waals surface area (Å²) in [5.41, 5.74) is 0.319. The second-order valence-electron chi connectivity index (χ2n) is 8.10. The summed E-state index contributed by atoms with van der Waals surface area (Å²) in [4.78, 5) is 40.4. The Balaban J connectivity index is 1.49. The number of aliphatic carboxylic acids is 1. The average molecular weight is 359 g/mol. The summed E-state index contributed by atoms with van der Waals surface area (Å²) in [7, 11) is 1.79. The van der Waals surface area contributed by atoms with E-state index in [0.717, 1.165) is 25.7 Å². The van der Waals surface area contributed by atoms with Crippen LogP contribution in [0.5, 0.6) is 0 Å². The fourth-order valence-electron chi connectivity index (χ4n) is 4.47. The van der Waals surface area contributed by atoms with Crippen molar-refractivity contribution in [2.24, 2.45) is 18.4 Å². The highest BCUT2D eigenvalue weighted by atomic mass is 16.4. The van der Waals surface area contributed by atoms with Gasteiger partial charge in [0.25, 0.3) is 5.91 Å². The van der Waals surface area contributed by atoms with Crippen molar-refractivity contribution in [3.05, 3.63) is 24.0 Å². The lowest BCUT2D eigenvalue weighted by molar-refractivity contribution is -0.141. The Morgan fingerprint density at radius 2 is 1.88 bits per heavy atom. The average Bonchev–Trinajstić information content (AvgIpc) is 3.28. The van der Waals surface area contributed by atoms with E-state index in [9.17, 15) is 19.5 Å². The van der Waals surface area contributed by atoms with Crippen LogP contribution in [0, 0.1) is 11.3 Å². The third-order valence-corrected chi connectivity index (χ3v) is 6.28. The van der Waals surface area contributed by atoms with Crippen LogP contribution in [-0.4, -0.2) is 62.9 Å². The topological polar surface area (TPSA) is 82.9 Å². The summed E-state index contributed by atoms with van der Waals surface area (Å²) in [5, 5.41) is 9.67. The number of hydrogen-bond donors (Lipinski definition) is 1. The summed E-state index contributed by atoms with van der Waals surface area (Å²) in [6.45, 7) is 1.81. The van der Waals surface area contributed by atoms with Gasteiger partial charge in [-0.15, -0.1) is 0 Å². The van der Waals surface area contributed by atoms with Crippen molar-refractivity contribution >= 4 is 17.8 Å². The van der Waals surface area contributed by atoms with Crippen LogP contribution in [0.25, 0.3) is 0 Å². The molecule has 1 aromatic heterocycles. The van der Waals surface area contributed by atoms with Crippen molar-refractivity contribution in [1.82, 2.24) is 14.4 Å². The molecule has 1 atom stereocenters. The zero-order valence-electron chi connectivity index (χ0n) is 15.1. The van der Waals surface area contributed by atoms with E-state index in [1.165, 1.54) is 4.90 Å². The molecule has 7 heteroatoms. The van der Waals surface area contributed by atoms with Crippen LogP contribution in [0.2, 0.25) is 0 Å². The van der Waals surface area contributed by atoms with E-state index in [-0.39, 0.29) is 23.1 Å². The number of nitrogens with zero attached hydrogens (tertiary/aromatic N) is 3. The Labute approximate surface area is 152 Å². The van der Waals surface area contributed by atoms with Crippen LogP contribution in [0.4, 0.5) is 0 Å². The molecule has 4 rings (SSSR count). The van der Waals surface area contributed by atoms with Crippen molar-refractivity contribution in [3.63, 3.8) is 0 Å². The van der Waals surface area contributed by atoms with Crippen molar-refractivity contribution in [3.8, 4) is 0 Å². The number of aromatic nitrogens is 1. The van der Waals surface area contributed by atoms with Gasteiger partial charge in [-0.3, -0.25) is 9.59 Å². The van der Waals surface area contributed by atoms with Gasteiger partial charge >= 0.3 is 5.97 Å². The third kappa shape index (κ3) is 2.89. The molecular weight excluding hydrogens is 334 g/mol. The van der Waals surface area contributed by atoms with E-state index in [1.807, 2.05) is 4.90 Å². The van der Waals surface area contributed by atoms with E-state index >= 15 is 0 Å². The maximum absolute atomic E-state index is 12.9. The minimum absolute atomic E-state index is 0.190. The molecule has 3 heterocycles. The molecule has 2 saturated heterocycles. The number of carbonyl (C=O) groups excluding carboxylic acids is 2. The first kappa shape index (κ1) is 17.1. The number of carboxylic acid groups (broad SMARTS) is 1. The number of rotatable bonds is 3. The number of aryl methyl sites for hydroxylation is 1. The first-order valence-electron chi connectivity index (χ1n) is 9.34. The number of carboxylic acids is 1. The molecule has 1 aliphatic carbocycles. The first-order valence-corrected chi connectivity index (χ1v) is 9.34. The maximum atomic E-state index is 12.9. The van der Waals surface area contributed by atoms with E-state index in [2.05, 4.69) is 0 Å². The molecule has 3 fully saturated rings. The number of likely N-dealkylation sites (tertiary alicyclic amines) is 2. The van der Waals surface area contributed by atoms with Crippen LogP contribution >= 0.6 is 0 Å². The van der Waals surface area contributed by atoms with E-state index in [4.69, 9.17) is 0 Å². The lowest BCUT2D eigenvalue weighted by Crippen LogP contribution is -2.45. The molecule has 7 nitrogen and oxygen atoms in total. The number of carbonyl (C=O) groups is 3. The number of hydrogen-bond acceptors (Lipinski definition) is 3. The van der Waals surface area contributed by atoms with Crippen molar-refractivity contribution in [2.75, 3.05) is 19.6 Å². The fraction of sp³-hybridized carbons (Fsp3) is 0.632. The van der Waals surface area contributed by atoms with Crippen molar-refractivity contribution < 1.29 is 19.5 Å². The standard InChI is InChI=1S/C19H25N3O4/c1-20-8-2-3-14(20)17(24)22-12-19(11-15(22)18(25)26)6-9-21(10-7-19)16(23)13-4-5-13/h2-3,8,13,15H,4-7,9-12H2,1H3,(H,25,26). The molecule has 3 aliphatic rings. The van der Waals surface area contributed by atoms with Gasteiger partial charge in [-0.2, -0.15) is 0 Å². The van der Waals surface area contributed by atoms with E-state index < -0.39 is 12.0 Å². The zero-order chi connectivity index (χ0) is 18.5. The highest BCUT2D eigenvalue weighted by Crippen LogP contribution is 2.44. The van der Waals surface area contributed by atoms with Gasteiger partial charge in [-0.25, -0.2) is 4.79 Å². The lowest BCUT2D eigenvalue weighted by atomic mass is 9.76. The van der Waals surface area contributed by atoms with Gasteiger partial charge in [0.2, 0.25) is 5.91 Å². The van der Waals surface area contributed by atoms with Crippen LogP contribution in [0.15, 0.2) is 18.3 Å². The summed E-state index contributed by atoms with van der Waals surface area (Å²) in [5.74, 6) is -0.696. The molecule has 1 unspecified atom stereocenters. The summed E-state index contributed by atoms with van der Waals surface area (Å²) in [6, 6.07) is 2.73. The summed E-state index contributed by atoms with van der Waals surface area (Å²) >= 11 is 0. The second kappa shape index (κ2) is 6.14. The number of amides is 2. The van der Waals surface area contributed by atoms with Crippen molar-refractivity contribution in [1.29, 1.82) is 0 Å². The van der Waals surface area contributed by atoms with Gasteiger partial charge in [-0.05, 0) is 49.7 Å². The Morgan fingerprint density at radius 3 is 2.42 bits per heavy atom. The molecule has 0 aromatic carbocycles. The molecule has 0 bridgehead atoms. The van der Waals surface area contributed by atoms with Crippen molar-refractivity contribution in [2.45, 2.75) is 38.1 Å². The zero-order valence-corrected chi connectivity index (χ0v) is 15.1. The van der Waals surface area contributed by atoms with Crippen LogP contribution in [0.1, 0.15) is 42.6 Å². The molecular formula is C19H25N3O4. The molecule has 0 radical (unpaired) electrons. The minimum atomic E-state index is -0.944. The predicted molar refractivity (Wildman–Crippen MR) is 93.5 cm³/mol. The second-order valence-corrected chi connectivity index (χ2v) is 8.10. The van der Waals surface area contributed by atoms with Gasteiger partial charge in [-0.1, -0.05) is 0 Å². The van der Waals surface area contributed by atoms with Crippen LogP contribution in [0.3, 0.4) is 0 Å². The lowest BCUT2D eigenvalue weighted by Gasteiger charge is -2.39. The quantitative estimate of drug-likeness (QED) is 0.883. The molecule has 2 amide bonds. The van der Waals surface area contributed by atoms with Crippen LogP contribution < -0.4 is 0 Å². The van der Waals surface area contributed by atoms with Gasteiger partial charge in [0.05, 0.1) is 0 Å². The van der Waals surface area contributed by atoms with Gasteiger partial charge in [0.15, 0.2) is 0 Å². The molecule has 1 saturated carbocycles. The number of piperidine rings is 1. The highest BCUT2D eigenvalue weighted by molar-refractivity contribution is 5.96. The normalized spacial score (nSPS) is 24.9. The molecule has 140 valence electrons. The molecule has 1 spiro atoms. The van der Waals surface area contributed by atoms with Gasteiger partial charge in [0, 0.05) is 38.8 Å². The highest BCUT2D eigenvalue weighted by Gasteiger charge is 2.51. The molecule has 1 N–H and O–H groups in total. The molecule has 1 aromatic rings. The SMILES string of the molecule is Cn1cccc1C(=O)N1CC2(CCN(C(=O)C3CC3)CC2)CC1C(=O)O. The summed E-state index contributed by atoms with van der Waals surface area (Å²) in [6.07, 6.45) is 5.81. The Morgan fingerprint density at radius 1 is 1.19 bits per heavy atom. The largest absolute Gasteiger partial charge is 0.480 e. The predicted octanol–water partition coefficient (Wildman–Crippen LogP) is 1.34. The molecule has 26 heavy (non-hydrogen) atoms. The molecule has 2 aliphatic heterocycles. The van der Waals surface area contributed by atoms with E-state index in [1.54, 1.807) is 29.9 Å². The smallest absolute Gasteiger partial charge is 0.326 e. The Kier molecular flexibility index (Phi) is 4.04. The monoisotopic (exact) mass is 359 g/mol. The fourth-order valence-corrected chi connectivity index (χ4v) is 4.47. The first-order chi connectivity index (χ1) is 12.4. The van der Waals surface area contributed by atoms with Crippen LogP contribution in [-0.2, 0) is 16.6 Å².